The SMILES string of the molecule is CCC(CC)/C(O)=C/C(=O)C(C)(CC)CC.Cc1[c-]c(-c2nccc3cc(CC(C)(C)F)ccc23)cc(C)c1.[Ir]. The summed E-state index contributed by atoms with van der Waals surface area (Å²) >= 11 is 0. The number of carbonyl (C=O) groups excluding carboxylic acids is 1. The monoisotopic (exact) mass is 725 g/mol. The van der Waals surface area contributed by atoms with Crippen molar-refractivity contribution in [2.75, 3.05) is 0 Å². The molecule has 0 fully saturated rings. The molecule has 3 aromatic rings. The largest absolute Gasteiger partial charge is 0.512 e. The summed E-state index contributed by atoms with van der Waals surface area (Å²) in [7, 11) is 0. The Morgan fingerprint density at radius 3 is 2.17 bits per heavy atom. The first-order valence-corrected chi connectivity index (χ1v) is 14.3. The minimum Gasteiger partial charge on any atom is -0.512 e. The number of fused-ring (bicyclic) bond motifs is 1. The number of rotatable bonds is 10. The number of hydrogen-bond acceptors (Lipinski definition) is 3. The van der Waals surface area contributed by atoms with E-state index in [1.807, 2.05) is 65.9 Å². The van der Waals surface area contributed by atoms with E-state index in [1.165, 1.54) is 11.6 Å². The number of pyridine rings is 1. The van der Waals surface area contributed by atoms with Gasteiger partial charge in [-0.2, -0.15) is 0 Å². The van der Waals surface area contributed by atoms with Crippen LogP contribution in [0.15, 0.2) is 54.4 Å². The normalized spacial score (nSPS) is 12.1. The van der Waals surface area contributed by atoms with E-state index in [9.17, 15) is 14.3 Å². The summed E-state index contributed by atoms with van der Waals surface area (Å²) in [5.74, 6) is 0.437. The van der Waals surface area contributed by atoms with Crippen molar-refractivity contribution in [1.29, 1.82) is 0 Å². The Morgan fingerprint density at radius 2 is 1.65 bits per heavy atom. The maximum Gasteiger partial charge on any atom is 0.164 e. The van der Waals surface area contributed by atoms with Crippen LogP contribution in [0.4, 0.5) is 4.39 Å². The number of halogens is 1. The molecule has 0 spiro atoms. The molecule has 3 rings (SSSR count). The van der Waals surface area contributed by atoms with Gasteiger partial charge in [0.05, 0.1) is 5.76 Å². The second kappa shape index (κ2) is 15.6. The van der Waals surface area contributed by atoms with Gasteiger partial charge in [-0.15, -0.1) is 34.9 Å². The molecule has 1 aromatic heterocycles. The summed E-state index contributed by atoms with van der Waals surface area (Å²) in [4.78, 5) is 16.6. The van der Waals surface area contributed by atoms with Crippen LogP contribution >= 0.6 is 0 Å². The van der Waals surface area contributed by atoms with E-state index >= 15 is 0 Å². The van der Waals surface area contributed by atoms with Crippen LogP contribution in [0.25, 0.3) is 22.0 Å². The molecule has 0 aliphatic carbocycles. The molecule has 0 bridgehead atoms. The molecule has 0 saturated heterocycles. The number of ketones is 1. The summed E-state index contributed by atoms with van der Waals surface area (Å²) < 4.78 is 13.9. The molecule has 1 heterocycles. The molecule has 0 aliphatic rings. The molecule has 0 amide bonds. The van der Waals surface area contributed by atoms with Crippen LogP contribution in [0.5, 0.6) is 0 Å². The van der Waals surface area contributed by atoms with Crippen LogP contribution in [0.2, 0.25) is 0 Å². The second-order valence-electron chi connectivity index (χ2n) is 11.6. The molecule has 1 radical (unpaired) electrons. The average Bonchev–Trinajstić information content (AvgIpc) is 2.87. The first-order valence-electron chi connectivity index (χ1n) is 14.3. The smallest absolute Gasteiger partial charge is 0.164 e. The van der Waals surface area contributed by atoms with Crippen molar-refractivity contribution < 1.29 is 34.4 Å². The number of aryl methyl sites for hydroxylation is 2. The van der Waals surface area contributed by atoms with E-state index in [0.717, 1.165) is 58.8 Å². The van der Waals surface area contributed by atoms with E-state index in [-0.39, 0.29) is 43.0 Å². The van der Waals surface area contributed by atoms with Crippen molar-refractivity contribution in [3.05, 3.63) is 77.2 Å². The third kappa shape index (κ3) is 9.93. The van der Waals surface area contributed by atoms with Crippen LogP contribution in [-0.2, 0) is 31.3 Å². The fraction of sp³-hybridized carbons (Fsp3) is 0.486. The van der Waals surface area contributed by atoms with Crippen LogP contribution in [0.3, 0.4) is 0 Å². The van der Waals surface area contributed by atoms with Crippen molar-refractivity contribution >= 4 is 16.6 Å². The molecule has 221 valence electrons. The Balaban J connectivity index is 0.000000419. The van der Waals surface area contributed by atoms with E-state index in [4.69, 9.17) is 0 Å². The molecular formula is C35H47FIrNO2-. The van der Waals surface area contributed by atoms with Gasteiger partial charge in [0.25, 0.3) is 0 Å². The topological polar surface area (TPSA) is 50.2 Å². The first-order chi connectivity index (χ1) is 18.3. The Labute approximate surface area is 255 Å². The standard InChI is InChI=1S/C21H21FN.C14H26O2.Ir/c1-14-9-15(2)11-18(10-14)20-19-6-5-16(13-21(3,4)22)12-17(19)7-8-23-20;1-6-11(7-2)12(15)10-13(16)14(5,8-3)9-4;/h5-10,12H,13H2,1-4H3;10-11,15H,6-9H2,1-5H3;/q-1;;/b;12-10-;. The van der Waals surface area contributed by atoms with E-state index < -0.39 is 5.67 Å². The summed E-state index contributed by atoms with van der Waals surface area (Å²) in [6.07, 6.45) is 7.06. The fourth-order valence-electron chi connectivity index (χ4n) is 4.79. The number of benzene rings is 2. The molecule has 0 unspecified atom stereocenters. The molecule has 0 atom stereocenters. The zero-order chi connectivity index (χ0) is 29.4. The summed E-state index contributed by atoms with van der Waals surface area (Å²) in [5.41, 5.74) is 3.73. The minimum atomic E-state index is -1.20. The molecule has 5 heteroatoms. The van der Waals surface area contributed by atoms with Gasteiger partial charge >= 0.3 is 0 Å². The number of carbonyl (C=O) groups is 1. The van der Waals surface area contributed by atoms with Crippen molar-refractivity contribution in [2.24, 2.45) is 11.3 Å². The predicted octanol–water partition coefficient (Wildman–Crippen LogP) is 9.87. The summed E-state index contributed by atoms with van der Waals surface area (Å²) in [6, 6.07) is 15.7. The Bertz CT molecular complexity index is 1260. The molecule has 3 nitrogen and oxygen atoms in total. The third-order valence-electron chi connectivity index (χ3n) is 7.69. The van der Waals surface area contributed by atoms with Gasteiger partial charge in [-0.25, -0.2) is 4.39 Å². The summed E-state index contributed by atoms with van der Waals surface area (Å²) in [6.45, 7) is 17.4. The number of allylic oxidation sites excluding steroid dienone is 2. The fourth-order valence-corrected chi connectivity index (χ4v) is 4.79. The number of aliphatic hydroxyl groups is 1. The van der Waals surface area contributed by atoms with Gasteiger partial charge in [-0.05, 0) is 67.6 Å². The van der Waals surface area contributed by atoms with Crippen molar-refractivity contribution in [1.82, 2.24) is 4.98 Å². The van der Waals surface area contributed by atoms with Gasteiger partial charge in [0.15, 0.2) is 5.78 Å². The molecule has 0 saturated carbocycles. The Kier molecular flexibility index (Phi) is 13.9. The summed E-state index contributed by atoms with van der Waals surface area (Å²) in [5, 5.41) is 12.0. The van der Waals surface area contributed by atoms with Crippen molar-refractivity contribution in [2.45, 2.75) is 100 Å². The van der Waals surface area contributed by atoms with Crippen LogP contribution < -0.4 is 0 Å². The number of aliphatic hydroxyl groups excluding tert-OH is 1. The van der Waals surface area contributed by atoms with Crippen LogP contribution in [0, 0.1) is 31.2 Å². The van der Waals surface area contributed by atoms with Crippen molar-refractivity contribution in [3.63, 3.8) is 0 Å². The Hall–Kier alpha value is -2.36. The maximum absolute atomic E-state index is 13.9. The number of aromatic nitrogens is 1. The molecule has 0 aliphatic heterocycles. The third-order valence-corrected chi connectivity index (χ3v) is 7.69. The van der Waals surface area contributed by atoms with Gasteiger partial charge in [-0.3, -0.25) is 4.79 Å². The molecule has 40 heavy (non-hydrogen) atoms. The number of hydrogen-bond donors (Lipinski definition) is 1. The van der Waals surface area contributed by atoms with E-state index in [1.54, 1.807) is 13.8 Å². The van der Waals surface area contributed by atoms with E-state index in [0.29, 0.717) is 6.42 Å². The zero-order valence-corrected chi connectivity index (χ0v) is 28.1. The maximum atomic E-state index is 13.9. The number of nitrogens with zero attached hydrogens (tertiary/aromatic N) is 1. The predicted molar refractivity (Wildman–Crippen MR) is 163 cm³/mol. The van der Waals surface area contributed by atoms with Gasteiger partial charge in [0.2, 0.25) is 0 Å². The zero-order valence-electron chi connectivity index (χ0n) is 25.7. The van der Waals surface area contributed by atoms with E-state index in [2.05, 4.69) is 36.2 Å². The van der Waals surface area contributed by atoms with Gasteiger partial charge in [-0.1, -0.05) is 66.7 Å². The van der Waals surface area contributed by atoms with Crippen LogP contribution in [0.1, 0.15) is 90.8 Å². The van der Waals surface area contributed by atoms with Crippen LogP contribution in [-0.4, -0.2) is 21.5 Å². The minimum absolute atomic E-state index is 0. The van der Waals surface area contributed by atoms with Gasteiger partial charge < -0.3 is 10.1 Å². The average molecular weight is 725 g/mol. The molecule has 1 N–H and O–H groups in total. The Morgan fingerprint density at radius 1 is 1.02 bits per heavy atom. The van der Waals surface area contributed by atoms with Gasteiger partial charge in [0.1, 0.15) is 5.67 Å². The number of alkyl halides is 1. The van der Waals surface area contributed by atoms with Gasteiger partial charge in [0, 0.05) is 50.1 Å². The molecule has 2 aromatic carbocycles. The van der Waals surface area contributed by atoms with Crippen molar-refractivity contribution in [3.8, 4) is 11.3 Å². The molecular weight excluding hydrogens is 678 g/mol. The quantitative estimate of drug-likeness (QED) is 0.129. The first kappa shape index (κ1) is 35.7. The second-order valence-corrected chi connectivity index (χ2v) is 11.6.